The molecule has 0 radical (unpaired) electrons. The lowest BCUT2D eigenvalue weighted by atomic mass is 10.2. The Balaban J connectivity index is 1.54. The summed E-state index contributed by atoms with van der Waals surface area (Å²) in [6, 6.07) is 14.7. The fourth-order valence-corrected chi connectivity index (χ4v) is 2.61. The first-order chi connectivity index (χ1) is 12.7. The molecule has 26 heavy (non-hydrogen) atoms. The van der Waals surface area contributed by atoms with Gasteiger partial charge in [0.2, 0.25) is 6.79 Å². The monoisotopic (exact) mass is 369 g/mol. The number of hydrogen-bond acceptors (Lipinski definition) is 5. The molecule has 0 saturated heterocycles. The number of ether oxygens (including phenoxy) is 2. The number of halogens is 1. The molecular weight excluding hydrogens is 354 g/mol. The summed E-state index contributed by atoms with van der Waals surface area (Å²) in [6.07, 6.45) is 1.40. The number of nitrogens with one attached hydrogen (secondary N) is 2. The van der Waals surface area contributed by atoms with Gasteiger partial charge in [-0.15, -0.1) is 0 Å². The van der Waals surface area contributed by atoms with Crippen LogP contribution >= 0.6 is 11.6 Å². The fraction of sp³-hybridized carbons (Fsp3) is 0.158. The van der Waals surface area contributed by atoms with E-state index in [-0.39, 0.29) is 18.9 Å². The highest BCUT2D eigenvalue weighted by molar-refractivity contribution is 6.30. The first-order valence-electron chi connectivity index (χ1n) is 7.90. The van der Waals surface area contributed by atoms with Crippen molar-refractivity contribution >= 4 is 17.5 Å². The lowest BCUT2D eigenvalue weighted by Crippen LogP contribution is -2.25. The standard InChI is InChI=1S/C19H16ClN3O3/c20-16-3-1-2-13(6-16)9-22-11-15(8-21)19(24)23-10-14-4-5-17-18(7-14)26-12-25-17/h1-7,11,22H,9-10,12H2,(H,23,24)/b15-11-. The first kappa shape index (κ1) is 17.6. The summed E-state index contributed by atoms with van der Waals surface area (Å²) in [5.74, 6) is 0.877. The van der Waals surface area contributed by atoms with Gasteiger partial charge >= 0.3 is 0 Å². The molecule has 1 amide bonds. The van der Waals surface area contributed by atoms with Gasteiger partial charge in [0.1, 0.15) is 11.6 Å². The first-order valence-corrected chi connectivity index (χ1v) is 8.28. The zero-order valence-corrected chi connectivity index (χ0v) is 14.5. The third-order valence-corrected chi connectivity index (χ3v) is 3.93. The van der Waals surface area contributed by atoms with Crippen molar-refractivity contribution in [2.75, 3.05) is 6.79 Å². The van der Waals surface area contributed by atoms with E-state index in [9.17, 15) is 10.1 Å². The smallest absolute Gasteiger partial charge is 0.263 e. The Morgan fingerprint density at radius 1 is 1.15 bits per heavy atom. The van der Waals surface area contributed by atoms with Gasteiger partial charge in [0.25, 0.3) is 5.91 Å². The van der Waals surface area contributed by atoms with Gasteiger partial charge in [-0.05, 0) is 35.4 Å². The van der Waals surface area contributed by atoms with Gasteiger partial charge < -0.3 is 20.1 Å². The second-order valence-corrected chi connectivity index (χ2v) is 5.99. The Kier molecular flexibility index (Phi) is 5.62. The van der Waals surface area contributed by atoms with Crippen LogP contribution in [-0.2, 0) is 17.9 Å². The van der Waals surface area contributed by atoms with Crippen LogP contribution in [0.25, 0.3) is 0 Å². The van der Waals surface area contributed by atoms with Gasteiger partial charge in [-0.25, -0.2) is 0 Å². The quantitative estimate of drug-likeness (QED) is 0.604. The van der Waals surface area contributed by atoms with Crippen molar-refractivity contribution in [2.45, 2.75) is 13.1 Å². The molecule has 6 nitrogen and oxygen atoms in total. The highest BCUT2D eigenvalue weighted by atomic mass is 35.5. The normalized spacial score (nSPS) is 12.4. The maximum atomic E-state index is 12.2. The van der Waals surface area contributed by atoms with E-state index >= 15 is 0 Å². The molecule has 3 rings (SSSR count). The molecule has 0 saturated carbocycles. The number of nitrogens with zero attached hydrogens (tertiary/aromatic N) is 1. The second-order valence-electron chi connectivity index (χ2n) is 5.55. The Bertz CT molecular complexity index is 890. The van der Waals surface area contributed by atoms with Crippen molar-refractivity contribution in [3.05, 3.63) is 70.4 Å². The Morgan fingerprint density at radius 3 is 2.77 bits per heavy atom. The van der Waals surface area contributed by atoms with Crippen molar-refractivity contribution in [3.63, 3.8) is 0 Å². The van der Waals surface area contributed by atoms with Crippen LogP contribution in [0.15, 0.2) is 54.2 Å². The molecule has 0 aromatic heterocycles. The minimum absolute atomic E-state index is 0.00669. The Hall–Kier alpha value is -3.17. The summed E-state index contributed by atoms with van der Waals surface area (Å²) in [7, 11) is 0. The second kappa shape index (κ2) is 8.28. The third kappa shape index (κ3) is 4.47. The molecule has 7 heteroatoms. The van der Waals surface area contributed by atoms with Gasteiger partial charge in [-0.3, -0.25) is 4.79 Å². The minimum atomic E-state index is -0.455. The number of hydrogen-bond donors (Lipinski definition) is 2. The molecule has 0 fully saturated rings. The molecule has 0 spiro atoms. The van der Waals surface area contributed by atoms with Gasteiger partial charge in [0, 0.05) is 24.3 Å². The highest BCUT2D eigenvalue weighted by Gasteiger charge is 2.14. The summed E-state index contributed by atoms with van der Waals surface area (Å²) >= 11 is 5.92. The zero-order valence-electron chi connectivity index (χ0n) is 13.8. The average molecular weight is 370 g/mol. The maximum absolute atomic E-state index is 12.2. The van der Waals surface area contributed by atoms with Crippen LogP contribution < -0.4 is 20.1 Å². The predicted octanol–water partition coefficient (Wildman–Crippen LogP) is 2.88. The molecule has 0 aliphatic carbocycles. The number of benzene rings is 2. The van der Waals surface area contributed by atoms with Gasteiger partial charge in [-0.1, -0.05) is 29.8 Å². The fourth-order valence-electron chi connectivity index (χ4n) is 2.39. The Morgan fingerprint density at radius 2 is 1.96 bits per heavy atom. The Labute approximate surface area is 156 Å². The summed E-state index contributed by atoms with van der Waals surface area (Å²) in [4.78, 5) is 12.2. The van der Waals surface area contributed by atoms with Crippen molar-refractivity contribution in [2.24, 2.45) is 0 Å². The number of carbonyl (C=O) groups excluding carboxylic acids is 1. The van der Waals surface area contributed by atoms with Crippen LogP contribution in [0, 0.1) is 11.3 Å². The van der Waals surface area contributed by atoms with E-state index in [4.69, 9.17) is 21.1 Å². The minimum Gasteiger partial charge on any atom is -0.454 e. The summed E-state index contributed by atoms with van der Waals surface area (Å²) in [5.41, 5.74) is 1.80. The van der Waals surface area contributed by atoms with Gasteiger partial charge in [-0.2, -0.15) is 5.26 Å². The molecule has 2 N–H and O–H groups in total. The van der Waals surface area contributed by atoms with Crippen molar-refractivity contribution < 1.29 is 14.3 Å². The van der Waals surface area contributed by atoms with Crippen molar-refractivity contribution in [3.8, 4) is 17.6 Å². The molecule has 1 aliphatic rings. The van der Waals surface area contributed by atoms with E-state index in [1.807, 2.05) is 30.3 Å². The predicted molar refractivity (Wildman–Crippen MR) is 96.4 cm³/mol. The summed E-state index contributed by atoms with van der Waals surface area (Å²) in [6.45, 7) is 0.939. The van der Waals surface area contributed by atoms with E-state index in [1.165, 1.54) is 6.20 Å². The van der Waals surface area contributed by atoms with Crippen LogP contribution in [0.4, 0.5) is 0 Å². The number of nitriles is 1. The van der Waals surface area contributed by atoms with Crippen molar-refractivity contribution in [1.29, 1.82) is 5.26 Å². The molecule has 0 unspecified atom stereocenters. The van der Waals surface area contributed by atoms with Crippen molar-refractivity contribution in [1.82, 2.24) is 10.6 Å². The van der Waals surface area contributed by atoms with Crippen LogP contribution in [-0.4, -0.2) is 12.7 Å². The summed E-state index contributed by atoms with van der Waals surface area (Å²) < 4.78 is 10.5. The van der Waals surface area contributed by atoms with E-state index in [2.05, 4.69) is 10.6 Å². The maximum Gasteiger partial charge on any atom is 0.263 e. The van der Waals surface area contributed by atoms with Crippen LogP contribution in [0.2, 0.25) is 5.02 Å². The molecule has 0 bridgehead atoms. The van der Waals surface area contributed by atoms with E-state index in [0.717, 1.165) is 11.1 Å². The number of carbonyl (C=O) groups is 1. The van der Waals surface area contributed by atoms with Gasteiger partial charge in [0.05, 0.1) is 0 Å². The zero-order chi connectivity index (χ0) is 18.4. The SMILES string of the molecule is N#C/C(=C/NCc1cccc(Cl)c1)C(=O)NCc1ccc2c(c1)OCO2. The average Bonchev–Trinajstić information content (AvgIpc) is 3.11. The van der Waals surface area contributed by atoms with E-state index < -0.39 is 5.91 Å². The van der Waals surface area contributed by atoms with Crippen LogP contribution in [0.1, 0.15) is 11.1 Å². The molecule has 0 atom stereocenters. The topological polar surface area (TPSA) is 83.4 Å². The molecule has 2 aromatic carbocycles. The molecule has 1 aliphatic heterocycles. The molecule has 2 aromatic rings. The lowest BCUT2D eigenvalue weighted by Gasteiger charge is -2.06. The number of fused-ring (bicyclic) bond motifs is 1. The highest BCUT2D eigenvalue weighted by Crippen LogP contribution is 2.32. The third-order valence-electron chi connectivity index (χ3n) is 3.70. The van der Waals surface area contributed by atoms with E-state index in [1.54, 1.807) is 18.2 Å². The molecule has 132 valence electrons. The lowest BCUT2D eigenvalue weighted by molar-refractivity contribution is -0.117. The largest absolute Gasteiger partial charge is 0.454 e. The molecule has 1 heterocycles. The molecular formula is C19H16ClN3O3. The van der Waals surface area contributed by atoms with E-state index in [0.29, 0.717) is 23.1 Å². The number of rotatable bonds is 6. The van der Waals surface area contributed by atoms with Gasteiger partial charge in [0.15, 0.2) is 11.5 Å². The van der Waals surface area contributed by atoms with Crippen LogP contribution in [0.5, 0.6) is 11.5 Å². The summed E-state index contributed by atoms with van der Waals surface area (Å²) in [5, 5.41) is 15.5. The number of amides is 1. The van der Waals surface area contributed by atoms with Crippen LogP contribution in [0.3, 0.4) is 0 Å².